The van der Waals surface area contributed by atoms with Gasteiger partial charge in [-0.25, -0.2) is 8.42 Å². The van der Waals surface area contributed by atoms with Crippen LogP contribution in [0.25, 0.3) is 0 Å². The summed E-state index contributed by atoms with van der Waals surface area (Å²) in [5.74, 6) is -0.0587. The summed E-state index contributed by atoms with van der Waals surface area (Å²) in [6.07, 6.45) is 5.78. The highest BCUT2D eigenvalue weighted by molar-refractivity contribution is 7.92. The number of sulfonamides is 1. The molecule has 3 rings (SSSR count). The number of carbonyl (C=O) groups is 1. The fourth-order valence-electron chi connectivity index (χ4n) is 4.49. The first-order chi connectivity index (χ1) is 15.7. The van der Waals surface area contributed by atoms with E-state index in [1.807, 2.05) is 38.1 Å². The van der Waals surface area contributed by atoms with E-state index < -0.39 is 10.0 Å². The Hall–Kier alpha value is -2.38. The summed E-state index contributed by atoms with van der Waals surface area (Å²) in [4.78, 5) is 15.0. The zero-order valence-corrected chi connectivity index (χ0v) is 21.0. The van der Waals surface area contributed by atoms with Crippen LogP contribution in [0.1, 0.15) is 54.4 Å². The van der Waals surface area contributed by atoms with Crippen molar-refractivity contribution in [3.05, 3.63) is 64.7 Å². The molecule has 0 radical (unpaired) electrons. The average Bonchev–Trinajstić information content (AvgIpc) is 2.75. The van der Waals surface area contributed by atoms with E-state index in [1.54, 1.807) is 0 Å². The molecule has 1 amide bonds. The maximum atomic E-state index is 12.5. The minimum atomic E-state index is -3.43. The molecule has 1 aliphatic heterocycles. The maximum Gasteiger partial charge on any atom is 0.232 e. The number of nitrogens with zero attached hydrogens (tertiary/aromatic N) is 2. The number of nitrogens with one attached hydrogen (secondary N) is 1. The van der Waals surface area contributed by atoms with Crippen molar-refractivity contribution >= 4 is 21.6 Å². The third-order valence-electron chi connectivity index (χ3n) is 6.10. The summed E-state index contributed by atoms with van der Waals surface area (Å²) in [6.45, 7) is 7.87. The SMILES string of the molecule is Cc1cc(C)cc(N(CCCC(=O)NCc2ccccc2CN2CCCCC2)S(C)(=O)=O)c1. The molecule has 0 saturated carbocycles. The Bertz CT molecular complexity index is 1030. The molecule has 0 atom stereocenters. The molecular formula is C26H37N3O3S. The van der Waals surface area contributed by atoms with Gasteiger partial charge in [0, 0.05) is 26.1 Å². The molecule has 1 fully saturated rings. The highest BCUT2D eigenvalue weighted by atomic mass is 32.2. The summed E-state index contributed by atoms with van der Waals surface area (Å²) in [5, 5.41) is 3.02. The Morgan fingerprint density at radius 3 is 2.27 bits per heavy atom. The maximum absolute atomic E-state index is 12.5. The lowest BCUT2D eigenvalue weighted by atomic mass is 10.0. The van der Waals surface area contributed by atoms with Gasteiger partial charge in [0.25, 0.3) is 0 Å². The van der Waals surface area contributed by atoms with Crippen LogP contribution in [-0.4, -0.2) is 45.1 Å². The van der Waals surface area contributed by atoms with Gasteiger partial charge in [0.15, 0.2) is 0 Å². The minimum Gasteiger partial charge on any atom is -0.352 e. The Labute approximate surface area is 199 Å². The lowest BCUT2D eigenvalue weighted by Crippen LogP contribution is -2.32. The van der Waals surface area contributed by atoms with Gasteiger partial charge in [-0.2, -0.15) is 0 Å². The number of benzene rings is 2. The van der Waals surface area contributed by atoms with Crippen LogP contribution < -0.4 is 9.62 Å². The monoisotopic (exact) mass is 471 g/mol. The number of aryl methyl sites for hydroxylation is 2. The van der Waals surface area contributed by atoms with Crippen LogP contribution in [0.5, 0.6) is 0 Å². The first kappa shape index (κ1) is 25.2. The van der Waals surface area contributed by atoms with E-state index in [0.29, 0.717) is 18.7 Å². The fraction of sp³-hybridized carbons (Fsp3) is 0.500. The van der Waals surface area contributed by atoms with Crippen molar-refractivity contribution in [2.45, 2.75) is 59.0 Å². The predicted molar refractivity (Wildman–Crippen MR) is 135 cm³/mol. The lowest BCUT2D eigenvalue weighted by Gasteiger charge is -2.27. The molecule has 2 aromatic rings. The van der Waals surface area contributed by atoms with Gasteiger partial charge in [-0.3, -0.25) is 14.0 Å². The molecule has 0 aliphatic carbocycles. The molecular weight excluding hydrogens is 434 g/mol. The van der Waals surface area contributed by atoms with Crippen LogP contribution >= 0.6 is 0 Å². The van der Waals surface area contributed by atoms with E-state index in [2.05, 4.69) is 28.4 Å². The van der Waals surface area contributed by atoms with E-state index in [-0.39, 0.29) is 18.9 Å². The fourth-order valence-corrected chi connectivity index (χ4v) is 5.44. The first-order valence-electron chi connectivity index (χ1n) is 11.8. The topological polar surface area (TPSA) is 69.7 Å². The van der Waals surface area contributed by atoms with Gasteiger partial charge in [0.05, 0.1) is 11.9 Å². The Morgan fingerprint density at radius 1 is 1.00 bits per heavy atom. The normalized spacial score (nSPS) is 14.8. The Kier molecular flexibility index (Phi) is 8.92. The summed E-state index contributed by atoms with van der Waals surface area (Å²) < 4.78 is 26.1. The molecule has 0 aromatic heterocycles. The van der Waals surface area contributed by atoms with Gasteiger partial charge < -0.3 is 5.32 Å². The molecule has 1 saturated heterocycles. The highest BCUT2D eigenvalue weighted by Gasteiger charge is 2.18. The first-order valence-corrected chi connectivity index (χ1v) is 13.7. The van der Waals surface area contributed by atoms with Crippen LogP contribution in [0, 0.1) is 13.8 Å². The van der Waals surface area contributed by atoms with Crippen LogP contribution in [0.15, 0.2) is 42.5 Å². The van der Waals surface area contributed by atoms with Crippen molar-refractivity contribution < 1.29 is 13.2 Å². The molecule has 0 unspecified atom stereocenters. The van der Waals surface area contributed by atoms with Gasteiger partial charge >= 0.3 is 0 Å². The largest absolute Gasteiger partial charge is 0.352 e. The summed E-state index contributed by atoms with van der Waals surface area (Å²) >= 11 is 0. The standard InChI is InChI=1S/C26H37N3O3S/c1-21-16-22(2)18-25(17-21)29(33(3,31)32)15-9-12-26(30)27-19-23-10-5-6-11-24(23)20-28-13-7-4-8-14-28/h5-6,10-11,16-18H,4,7-9,12-15,19-20H2,1-3H3,(H,27,30). The quantitative estimate of drug-likeness (QED) is 0.565. The van der Waals surface area contributed by atoms with Gasteiger partial charge in [-0.05, 0) is 80.6 Å². The minimum absolute atomic E-state index is 0.0587. The third-order valence-corrected chi connectivity index (χ3v) is 7.29. The van der Waals surface area contributed by atoms with Crippen molar-refractivity contribution in [3.63, 3.8) is 0 Å². The second kappa shape index (κ2) is 11.7. The molecule has 7 heteroatoms. The summed E-state index contributed by atoms with van der Waals surface area (Å²) in [7, 11) is -3.43. The number of hydrogen-bond acceptors (Lipinski definition) is 4. The summed E-state index contributed by atoms with van der Waals surface area (Å²) in [5.41, 5.74) is 5.09. The van der Waals surface area contributed by atoms with Crippen LogP contribution in [-0.2, 0) is 27.9 Å². The molecule has 0 spiro atoms. The second-order valence-corrected chi connectivity index (χ2v) is 11.1. The number of carbonyl (C=O) groups excluding carboxylic acids is 1. The van der Waals surface area contributed by atoms with Gasteiger partial charge in [-0.15, -0.1) is 0 Å². The molecule has 2 aromatic carbocycles. The number of hydrogen-bond donors (Lipinski definition) is 1. The van der Waals surface area contributed by atoms with Crippen molar-refractivity contribution in [1.29, 1.82) is 0 Å². The van der Waals surface area contributed by atoms with E-state index in [0.717, 1.165) is 36.3 Å². The number of anilines is 1. The average molecular weight is 472 g/mol. The molecule has 0 bridgehead atoms. The zero-order chi connectivity index (χ0) is 23.8. The van der Waals surface area contributed by atoms with Gasteiger partial charge in [0.1, 0.15) is 0 Å². The molecule has 33 heavy (non-hydrogen) atoms. The van der Waals surface area contributed by atoms with Crippen LogP contribution in [0.4, 0.5) is 5.69 Å². The van der Waals surface area contributed by atoms with Crippen LogP contribution in [0.3, 0.4) is 0 Å². The lowest BCUT2D eigenvalue weighted by molar-refractivity contribution is -0.121. The zero-order valence-electron chi connectivity index (χ0n) is 20.1. The predicted octanol–water partition coefficient (Wildman–Crippen LogP) is 4.15. The molecule has 1 N–H and O–H groups in total. The van der Waals surface area contributed by atoms with E-state index in [4.69, 9.17) is 0 Å². The molecule has 1 aliphatic rings. The summed E-state index contributed by atoms with van der Waals surface area (Å²) in [6, 6.07) is 14.0. The van der Waals surface area contributed by atoms with Crippen molar-refractivity contribution in [2.75, 3.05) is 30.2 Å². The Morgan fingerprint density at radius 2 is 1.64 bits per heavy atom. The molecule has 1 heterocycles. The third kappa shape index (κ3) is 7.86. The molecule has 6 nitrogen and oxygen atoms in total. The van der Waals surface area contributed by atoms with Crippen molar-refractivity contribution in [2.24, 2.45) is 0 Å². The smallest absolute Gasteiger partial charge is 0.232 e. The number of likely N-dealkylation sites (tertiary alicyclic amines) is 1. The number of rotatable bonds is 10. The molecule has 180 valence electrons. The van der Waals surface area contributed by atoms with Crippen LogP contribution in [0.2, 0.25) is 0 Å². The highest BCUT2D eigenvalue weighted by Crippen LogP contribution is 2.22. The van der Waals surface area contributed by atoms with Gasteiger partial charge in [-0.1, -0.05) is 36.8 Å². The van der Waals surface area contributed by atoms with Crippen molar-refractivity contribution in [1.82, 2.24) is 10.2 Å². The van der Waals surface area contributed by atoms with E-state index >= 15 is 0 Å². The second-order valence-electron chi connectivity index (χ2n) is 9.17. The number of piperidine rings is 1. The van der Waals surface area contributed by atoms with E-state index in [9.17, 15) is 13.2 Å². The van der Waals surface area contributed by atoms with Gasteiger partial charge in [0.2, 0.25) is 15.9 Å². The Balaban J connectivity index is 1.53. The van der Waals surface area contributed by atoms with Crippen molar-refractivity contribution in [3.8, 4) is 0 Å². The number of amides is 1. The van der Waals surface area contributed by atoms with E-state index in [1.165, 1.54) is 35.4 Å².